The molecule has 3 aromatic carbocycles. The van der Waals surface area contributed by atoms with Gasteiger partial charge < -0.3 is 0 Å². The Morgan fingerprint density at radius 1 is 0.583 bits per heavy atom. The molecule has 0 radical (unpaired) electrons. The smallest absolute Gasteiger partial charge is 0.267 e. The number of nitrogens with zero attached hydrogens (tertiary/aromatic N) is 6. The Morgan fingerprint density at radius 3 is 1.44 bits per heavy atom. The molecule has 0 spiro atoms. The predicted molar refractivity (Wildman–Crippen MR) is 185 cm³/mol. The summed E-state index contributed by atoms with van der Waals surface area (Å²) in [6.07, 6.45) is 11.4. The summed E-state index contributed by atoms with van der Waals surface area (Å²) in [5.74, 6) is -0.865. The Morgan fingerprint density at radius 2 is 1.02 bits per heavy atom. The molecule has 0 aliphatic carbocycles. The first kappa shape index (κ1) is 30.0. The fraction of sp³-hybridized carbons (Fsp3) is 0.0526. The second-order valence-corrected chi connectivity index (χ2v) is 11.3. The molecule has 7 aromatic rings. The minimum Gasteiger partial charge on any atom is -0.267 e. The number of carbonyl (C=O) groups excluding carboxylic acids is 2. The number of pyridine rings is 2. The quantitative estimate of drug-likeness (QED) is 0.144. The van der Waals surface area contributed by atoms with Crippen LogP contribution in [0.5, 0.6) is 0 Å². The molecule has 0 saturated heterocycles. The number of imidazole rings is 2. The molecule has 0 saturated carbocycles. The van der Waals surface area contributed by atoms with Crippen LogP contribution in [0.2, 0.25) is 0 Å². The number of carbonyl (C=O) groups is 2. The van der Waals surface area contributed by atoms with Gasteiger partial charge in [-0.1, -0.05) is 42.5 Å². The summed E-state index contributed by atoms with van der Waals surface area (Å²) < 4.78 is 8.43. The summed E-state index contributed by atoms with van der Waals surface area (Å²) in [5.41, 5.74) is 13.8. The predicted octanol–water partition coefficient (Wildman–Crippen LogP) is 4.70. The number of hydrazone groups is 2. The van der Waals surface area contributed by atoms with E-state index in [1.807, 2.05) is 99.3 Å². The molecular formula is C38H32N8O2+2. The molecule has 4 heterocycles. The zero-order valence-corrected chi connectivity index (χ0v) is 26.4. The maximum Gasteiger partial charge on any atom is 0.286 e. The van der Waals surface area contributed by atoms with E-state index in [0.717, 1.165) is 44.9 Å². The lowest BCUT2D eigenvalue weighted by molar-refractivity contribution is -0.633. The van der Waals surface area contributed by atoms with Gasteiger partial charge in [0.15, 0.2) is 11.4 Å². The molecular weight excluding hydrogens is 600 g/mol. The molecule has 4 aromatic heterocycles. The van der Waals surface area contributed by atoms with E-state index < -0.39 is 11.8 Å². The molecule has 0 atom stereocenters. The Balaban J connectivity index is 0.940. The van der Waals surface area contributed by atoms with Gasteiger partial charge in [-0.2, -0.15) is 10.2 Å². The second-order valence-electron chi connectivity index (χ2n) is 11.3. The molecule has 2 amide bonds. The molecule has 0 bridgehead atoms. The molecule has 0 fully saturated rings. The molecule has 10 nitrogen and oxygen atoms in total. The van der Waals surface area contributed by atoms with Crippen molar-refractivity contribution in [3.63, 3.8) is 0 Å². The Hall–Kier alpha value is -6.68. The highest BCUT2D eigenvalue weighted by atomic mass is 16.2. The summed E-state index contributed by atoms with van der Waals surface area (Å²) in [6.45, 7) is 0. The fourth-order valence-corrected chi connectivity index (χ4v) is 5.64. The Bertz CT molecular complexity index is 2190. The van der Waals surface area contributed by atoms with Crippen LogP contribution in [-0.4, -0.2) is 33.0 Å². The maximum atomic E-state index is 12.8. The zero-order valence-electron chi connectivity index (χ0n) is 26.4. The topological polar surface area (TPSA) is 99.5 Å². The first-order chi connectivity index (χ1) is 23.4. The third-order valence-electron chi connectivity index (χ3n) is 8.23. The van der Waals surface area contributed by atoms with Gasteiger partial charge in [-0.25, -0.2) is 28.8 Å². The number of aryl methyl sites for hydroxylation is 2. The summed E-state index contributed by atoms with van der Waals surface area (Å²) in [4.78, 5) is 25.6. The van der Waals surface area contributed by atoms with Crippen molar-refractivity contribution < 1.29 is 18.7 Å². The molecule has 10 heteroatoms. The van der Waals surface area contributed by atoms with Crippen molar-refractivity contribution in [2.75, 3.05) is 0 Å². The van der Waals surface area contributed by atoms with Crippen molar-refractivity contribution >= 4 is 35.5 Å². The van der Waals surface area contributed by atoms with Crippen molar-refractivity contribution in [2.24, 2.45) is 24.3 Å². The van der Waals surface area contributed by atoms with E-state index >= 15 is 0 Å². The van der Waals surface area contributed by atoms with Gasteiger partial charge in [-0.3, -0.25) is 9.59 Å². The van der Waals surface area contributed by atoms with Crippen LogP contribution >= 0.6 is 0 Å². The minimum atomic E-state index is -0.432. The summed E-state index contributed by atoms with van der Waals surface area (Å²) in [6, 6.07) is 34.4. The summed E-state index contributed by atoms with van der Waals surface area (Å²) in [7, 11) is 4.07. The largest absolute Gasteiger partial charge is 0.286 e. The number of aromatic nitrogens is 4. The van der Waals surface area contributed by atoms with Crippen LogP contribution < -0.4 is 20.0 Å². The lowest BCUT2D eigenvalue weighted by atomic mass is 10.1. The SMILES string of the molecule is C[n+]1c(-c2ccc(/C=N/NC(=O)c3cccc(C(=O)N/N=C/c4ccc(-c5cn6ccccc6[n+]5C)cc4)c3)cc2)cn2ccccc21. The van der Waals surface area contributed by atoms with E-state index in [2.05, 4.69) is 63.5 Å². The zero-order chi connectivity index (χ0) is 33.0. The van der Waals surface area contributed by atoms with E-state index in [4.69, 9.17) is 0 Å². The van der Waals surface area contributed by atoms with Gasteiger partial charge in [0.2, 0.25) is 0 Å². The highest BCUT2D eigenvalue weighted by molar-refractivity contribution is 6.00. The molecule has 234 valence electrons. The normalized spacial score (nSPS) is 11.5. The van der Waals surface area contributed by atoms with Crippen LogP contribution in [0.1, 0.15) is 31.8 Å². The average molecular weight is 633 g/mol. The number of fused-ring (bicyclic) bond motifs is 2. The number of amides is 2. The molecule has 0 aliphatic heterocycles. The first-order valence-electron chi connectivity index (χ1n) is 15.3. The molecule has 7 rings (SSSR count). The summed E-state index contributed by atoms with van der Waals surface area (Å²) >= 11 is 0. The summed E-state index contributed by atoms with van der Waals surface area (Å²) in [5, 5.41) is 8.22. The number of hydrogen-bond acceptors (Lipinski definition) is 4. The van der Waals surface area contributed by atoms with E-state index in [0.29, 0.717) is 11.1 Å². The first-order valence-corrected chi connectivity index (χ1v) is 15.3. The standard InChI is InChI=1S/C38H30N8O2/c1-43-33(25-45-20-5-3-10-35(43)45)29-16-12-27(13-17-29)23-39-41-37(47)31-8-7-9-32(22-31)38(48)42-40-24-28-14-18-30(19-15-28)34-26-46-21-6-4-11-36(46)44(34)2/h3-26H,1-2H3/p+2/b39-23+,40-24+. The number of benzene rings is 3. The lowest BCUT2D eigenvalue weighted by Gasteiger charge is -2.04. The highest BCUT2D eigenvalue weighted by Gasteiger charge is 2.16. The monoisotopic (exact) mass is 632 g/mol. The third kappa shape index (κ3) is 6.10. The van der Waals surface area contributed by atoms with Crippen LogP contribution in [0.4, 0.5) is 0 Å². The highest BCUT2D eigenvalue weighted by Crippen LogP contribution is 2.19. The Kier molecular flexibility index (Phi) is 8.11. The van der Waals surface area contributed by atoms with Crippen LogP contribution in [0.3, 0.4) is 0 Å². The second kappa shape index (κ2) is 13.0. The van der Waals surface area contributed by atoms with Gasteiger partial charge in [0.05, 0.1) is 38.9 Å². The van der Waals surface area contributed by atoms with Gasteiger partial charge in [0.1, 0.15) is 12.4 Å². The van der Waals surface area contributed by atoms with Gasteiger partial charge in [-0.05, 0) is 65.7 Å². The van der Waals surface area contributed by atoms with Gasteiger partial charge in [0, 0.05) is 34.4 Å². The van der Waals surface area contributed by atoms with E-state index in [9.17, 15) is 9.59 Å². The van der Waals surface area contributed by atoms with Gasteiger partial charge >= 0.3 is 0 Å². The van der Waals surface area contributed by atoms with Crippen molar-refractivity contribution in [3.8, 4) is 22.5 Å². The number of nitrogens with one attached hydrogen (secondary N) is 2. The van der Waals surface area contributed by atoms with E-state index in [1.165, 1.54) is 6.07 Å². The van der Waals surface area contributed by atoms with Crippen LogP contribution in [-0.2, 0) is 14.1 Å². The fourth-order valence-electron chi connectivity index (χ4n) is 5.64. The van der Waals surface area contributed by atoms with Crippen LogP contribution in [0, 0.1) is 0 Å². The maximum absolute atomic E-state index is 12.8. The van der Waals surface area contributed by atoms with Crippen molar-refractivity contribution in [1.29, 1.82) is 0 Å². The van der Waals surface area contributed by atoms with Crippen LogP contribution in [0.15, 0.2) is 144 Å². The molecule has 2 N–H and O–H groups in total. The lowest BCUT2D eigenvalue weighted by Crippen LogP contribution is -2.29. The van der Waals surface area contributed by atoms with Crippen molar-refractivity contribution in [3.05, 3.63) is 156 Å². The average Bonchev–Trinajstić information content (AvgIpc) is 3.65. The van der Waals surface area contributed by atoms with E-state index in [-0.39, 0.29) is 0 Å². The minimum absolute atomic E-state index is 0.300. The number of hydrogen-bond donors (Lipinski definition) is 2. The van der Waals surface area contributed by atoms with Gasteiger partial charge in [-0.15, -0.1) is 0 Å². The molecule has 0 unspecified atom stereocenters. The Labute approximate surface area is 276 Å². The molecule has 48 heavy (non-hydrogen) atoms. The van der Waals surface area contributed by atoms with Crippen molar-refractivity contribution in [2.45, 2.75) is 0 Å². The van der Waals surface area contributed by atoms with Crippen molar-refractivity contribution in [1.82, 2.24) is 19.7 Å². The molecule has 0 aliphatic rings. The number of rotatable bonds is 8. The van der Waals surface area contributed by atoms with E-state index in [1.54, 1.807) is 30.6 Å². The van der Waals surface area contributed by atoms with Gasteiger partial charge in [0.25, 0.3) is 23.1 Å². The van der Waals surface area contributed by atoms with Crippen LogP contribution in [0.25, 0.3) is 33.8 Å². The third-order valence-corrected chi connectivity index (χ3v) is 8.23.